The maximum Gasteiger partial charge on any atom is 0.360 e. The number of carboxylic acid groups (broad SMARTS) is 2. The van der Waals surface area contributed by atoms with Gasteiger partial charge in [-0.2, -0.15) is 4.68 Å². The summed E-state index contributed by atoms with van der Waals surface area (Å²) in [7, 11) is 0. The van der Waals surface area contributed by atoms with Gasteiger partial charge >= 0.3 is 23.9 Å². The third kappa shape index (κ3) is 11.9. The molecular formula is C24H19Cl5N6O10. The number of halogens is 5. The summed E-state index contributed by atoms with van der Waals surface area (Å²) in [5.41, 5.74) is -0.608. The van der Waals surface area contributed by atoms with Gasteiger partial charge in [0.1, 0.15) is 11.5 Å². The van der Waals surface area contributed by atoms with Crippen LogP contribution in [0.25, 0.3) is 0 Å². The topological polar surface area (TPSA) is 218 Å². The lowest BCUT2D eigenvalue weighted by Crippen LogP contribution is -2.14. The molecule has 0 spiro atoms. The smallest absolute Gasteiger partial charge is 0.360 e. The summed E-state index contributed by atoms with van der Waals surface area (Å²) < 4.78 is 20.3. The van der Waals surface area contributed by atoms with Gasteiger partial charge in [-0.25, -0.2) is 14.7 Å². The molecule has 3 N–H and O–H groups in total. The largest absolute Gasteiger partial charge is 0.476 e. The van der Waals surface area contributed by atoms with Crippen molar-refractivity contribution in [3.8, 4) is 23.3 Å². The number of ether oxygens (including phenoxy) is 4. The van der Waals surface area contributed by atoms with E-state index in [1.165, 1.54) is 50.2 Å². The monoisotopic (exact) mass is 726 g/mol. The molecule has 0 bridgehead atoms. The van der Waals surface area contributed by atoms with Crippen LogP contribution < -0.4 is 9.47 Å². The highest BCUT2D eigenvalue weighted by Crippen LogP contribution is 2.31. The first-order chi connectivity index (χ1) is 21.2. The van der Waals surface area contributed by atoms with Crippen LogP contribution in [0, 0.1) is 0 Å². The molecule has 0 saturated heterocycles. The Kier molecular flexibility index (Phi) is 14.6. The van der Waals surface area contributed by atoms with Crippen molar-refractivity contribution in [2.24, 2.45) is 0 Å². The highest BCUT2D eigenvalue weighted by Gasteiger charge is 2.23. The standard InChI is InChI=1S/C12H9Cl2N3O5.C9H5Cl2N3O3.C3H5ClO2/c1-6(18)21-5-17-10(12(19)20)11(15-16-17)22-7-2-3-8(13)9(14)4-7;10-5-2-1-4(3-6(5)11)17-8-7(9(15)16)12-14-13-8;1-3(5)6-2-4/h2-4H,5H2,1H3,(H,19,20);1-3H,(H,15,16)(H,12,13,14);2H2,1H3. The second-order valence-electron chi connectivity index (χ2n) is 7.71. The Bertz CT molecular complexity index is 1670. The lowest BCUT2D eigenvalue weighted by molar-refractivity contribution is -0.145. The van der Waals surface area contributed by atoms with E-state index in [9.17, 15) is 24.3 Å². The average molecular weight is 729 g/mol. The summed E-state index contributed by atoms with van der Waals surface area (Å²) in [6, 6.07) is 8.85. The van der Waals surface area contributed by atoms with Gasteiger partial charge in [-0.1, -0.05) is 78.6 Å². The van der Waals surface area contributed by atoms with Gasteiger partial charge in [-0.05, 0) is 24.3 Å². The van der Waals surface area contributed by atoms with Crippen molar-refractivity contribution in [3.63, 3.8) is 0 Å². The molecule has 0 amide bonds. The van der Waals surface area contributed by atoms with Crippen LogP contribution in [0.1, 0.15) is 34.8 Å². The fourth-order valence-electron chi connectivity index (χ4n) is 2.62. The Morgan fingerprint density at radius 3 is 1.73 bits per heavy atom. The van der Waals surface area contributed by atoms with E-state index in [0.29, 0.717) is 20.8 Å². The minimum Gasteiger partial charge on any atom is -0.476 e. The fraction of sp³-hybridized carbons (Fsp3) is 0.167. The molecule has 2 heterocycles. The van der Waals surface area contributed by atoms with E-state index in [0.717, 1.165) is 4.68 Å². The zero-order valence-corrected chi connectivity index (χ0v) is 26.4. The zero-order valence-electron chi connectivity index (χ0n) is 22.7. The van der Waals surface area contributed by atoms with Gasteiger partial charge in [-0.3, -0.25) is 9.59 Å². The van der Waals surface area contributed by atoms with E-state index < -0.39 is 24.6 Å². The third-order valence-corrected chi connectivity index (χ3v) is 6.08. The molecule has 4 rings (SSSR count). The van der Waals surface area contributed by atoms with E-state index >= 15 is 0 Å². The van der Waals surface area contributed by atoms with Gasteiger partial charge in [0, 0.05) is 26.0 Å². The predicted molar refractivity (Wildman–Crippen MR) is 158 cm³/mol. The summed E-state index contributed by atoms with van der Waals surface area (Å²) in [6.07, 6.45) is 0. The highest BCUT2D eigenvalue weighted by atomic mass is 35.5. The summed E-state index contributed by atoms with van der Waals surface area (Å²) in [5, 5.41) is 35.5. The number of carbonyl (C=O) groups excluding carboxylic acids is 2. The molecule has 21 heteroatoms. The number of aromatic nitrogens is 6. The number of rotatable bonds is 9. The molecule has 0 fully saturated rings. The number of hydrogen-bond acceptors (Lipinski definition) is 12. The van der Waals surface area contributed by atoms with Crippen molar-refractivity contribution in [1.29, 1.82) is 0 Å². The molecule has 16 nitrogen and oxygen atoms in total. The number of hydrogen-bond donors (Lipinski definition) is 3. The molecule has 4 aromatic rings. The Hall–Kier alpha value is -4.35. The highest BCUT2D eigenvalue weighted by molar-refractivity contribution is 6.42. The van der Waals surface area contributed by atoms with Gasteiger partial charge < -0.3 is 29.2 Å². The lowest BCUT2D eigenvalue weighted by atomic mass is 10.3. The first kappa shape index (κ1) is 36.8. The summed E-state index contributed by atoms with van der Waals surface area (Å²) in [6.45, 7) is 2.10. The number of nitrogens with one attached hydrogen (secondary N) is 1. The number of alkyl halides is 1. The second-order valence-corrected chi connectivity index (χ2v) is 9.56. The summed E-state index contributed by atoms with van der Waals surface area (Å²) >= 11 is 28.1. The maximum absolute atomic E-state index is 11.3. The van der Waals surface area contributed by atoms with Gasteiger partial charge in [0.2, 0.25) is 11.4 Å². The number of carbonyl (C=O) groups is 4. The van der Waals surface area contributed by atoms with Crippen LogP contribution >= 0.6 is 58.0 Å². The van der Waals surface area contributed by atoms with Crippen LogP contribution in [0.4, 0.5) is 0 Å². The lowest BCUT2D eigenvalue weighted by Gasteiger charge is -2.06. The Morgan fingerprint density at radius 1 is 0.778 bits per heavy atom. The third-order valence-electron chi connectivity index (χ3n) is 4.50. The van der Waals surface area contributed by atoms with Crippen LogP contribution in [-0.4, -0.2) is 70.6 Å². The molecule has 45 heavy (non-hydrogen) atoms. The molecule has 0 unspecified atom stereocenters. The van der Waals surface area contributed by atoms with Crippen LogP contribution in [-0.2, 0) is 25.8 Å². The maximum atomic E-state index is 11.3. The SMILES string of the molecule is CC(=O)OCCl.CC(=O)OCn1nnc(Oc2ccc(Cl)c(Cl)c2)c1C(=O)O.O=C(O)c1[nH]nnc1Oc1ccc(Cl)c(Cl)c1. The number of nitrogens with zero attached hydrogens (tertiary/aromatic N) is 5. The summed E-state index contributed by atoms with van der Waals surface area (Å²) in [5.74, 6) is -3.35. The average Bonchev–Trinajstić information content (AvgIpc) is 3.59. The Labute approximate surface area is 277 Å². The fourth-order valence-corrected chi connectivity index (χ4v) is 3.35. The molecule has 2 aromatic carbocycles. The van der Waals surface area contributed by atoms with Gasteiger partial charge in [0.25, 0.3) is 11.8 Å². The van der Waals surface area contributed by atoms with Crippen LogP contribution in [0.5, 0.6) is 23.3 Å². The van der Waals surface area contributed by atoms with Gasteiger partial charge in [0.05, 0.1) is 20.1 Å². The molecule has 2 aromatic heterocycles. The van der Waals surface area contributed by atoms with Crippen molar-refractivity contribution in [1.82, 2.24) is 30.4 Å². The van der Waals surface area contributed by atoms with Crippen molar-refractivity contribution in [2.45, 2.75) is 20.6 Å². The van der Waals surface area contributed by atoms with Crippen molar-refractivity contribution in [2.75, 3.05) is 6.07 Å². The van der Waals surface area contributed by atoms with Gasteiger partial charge in [0.15, 0.2) is 12.8 Å². The number of H-pyrrole nitrogens is 1. The van der Waals surface area contributed by atoms with E-state index in [1.54, 1.807) is 0 Å². The molecule has 240 valence electrons. The van der Waals surface area contributed by atoms with Crippen molar-refractivity contribution >= 4 is 81.9 Å². The van der Waals surface area contributed by atoms with Crippen molar-refractivity contribution < 1.29 is 48.3 Å². The van der Waals surface area contributed by atoms with Gasteiger partial charge in [-0.15, -0.1) is 0 Å². The van der Waals surface area contributed by atoms with Crippen molar-refractivity contribution in [3.05, 3.63) is 67.9 Å². The van der Waals surface area contributed by atoms with E-state index in [-0.39, 0.29) is 46.0 Å². The Morgan fingerprint density at radius 2 is 1.31 bits per heavy atom. The van der Waals surface area contributed by atoms with E-state index in [1.807, 2.05) is 0 Å². The number of carboxylic acids is 2. The Balaban J connectivity index is 0.000000272. The number of benzene rings is 2. The molecular weight excluding hydrogens is 710 g/mol. The molecule has 0 radical (unpaired) electrons. The molecule has 0 saturated carbocycles. The number of aromatic carboxylic acids is 2. The van der Waals surface area contributed by atoms with E-state index in [4.69, 9.17) is 72.6 Å². The van der Waals surface area contributed by atoms with Crippen LogP contribution in [0.15, 0.2) is 36.4 Å². The molecule has 0 aliphatic carbocycles. The molecule has 0 aliphatic heterocycles. The quantitative estimate of drug-likeness (QED) is 0.134. The molecule has 0 aliphatic rings. The van der Waals surface area contributed by atoms with Crippen LogP contribution in [0.2, 0.25) is 20.1 Å². The first-order valence-corrected chi connectivity index (χ1v) is 13.7. The van der Waals surface area contributed by atoms with E-state index in [2.05, 4.69) is 35.2 Å². The summed E-state index contributed by atoms with van der Waals surface area (Å²) in [4.78, 5) is 42.6. The minimum absolute atomic E-state index is 0.0463. The second kappa shape index (κ2) is 17.8. The minimum atomic E-state index is -1.34. The number of esters is 2. The first-order valence-electron chi connectivity index (χ1n) is 11.6. The molecule has 0 atom stereocenters. The number of aromatic amines is 1. The zero-order chi connectivity index (χ0) is 33.7. The normalized spacial score (nSPS) is 9.93. The predicted octanol–water partition coefficient (Wildman–Crippen LogP) is 5.94. The van der Waals surface area contributed by atoms with Crippen LogP contribution in [0.3, 0.4) is 0 Å².